The summed E-state index contributed by atoms with van der Waals surface area (Å²) in [5.74, 6) is 0. The molecule has 1 N–H and O–H groups in total. The van der Waals surface area contributed by atoms with Crippen LogP contribution in [0.5, 0.6) is 0 Å². The molecular weight excluding hydrogens is 252 g/mol. The molecule has 104 valence electrons. The van der Waals surface area contributed by atoms with Gasteiger partial charge in [-0.1, -0.05) is 24.6 Å². The number of benzene rings is 1. The van der Waals surface area contributed by atoms with Gasteiger partial charge in [-0.25, -0.2) is 0 Å². The van der Waals surface area contributed by atoms with Gasteiger partial charge in [0, 0.05) is 18.3 Å². The van der Waals surface area contributed by atoms with E-state index in [1.807, 2.05) is 0 Å². The Labute approximate surface area is 122 Å². The minimum absolute atomic E-state index is 0.611. The summed E-state index contributed by atoms with van der Waals surface area (Å²) in [6, 6.07) is 7.06. The number of anilines is 1. The number of rotatable bonds is 2. The largest absolute Gasteiger partial charge is 0.346 e. The van der Waals surface area contributed by atoms with Crippen molar-refractivity contribution in [2.75, 3.05) is 11.9 Å². The summed E-state index contributed by atoms with van der Waals surface area (Å²) in [5, 5.41) is 4.32. The summed E-state index contributed by atoms with van der Waals surface area (Å²) in [5.41, 5.74) is 3.68. The van der Waals surface area contributed by atoms with Crippen molar-refractivity contribution in [3.63, 3.8) is 0 Å². The highest BCUT2D eigenvalue weighted by molar-refractivity contribution is 7.80. The van der Waals surface area contributed by atoms with Crippen LogP contribution in [0.2, 0.25) is 0 Å². The lowest BCUT2D eigenvalue weighted by atomic mass is 10.0. The van der Waals surface area contributed by atoms with Crippen LogP contribution in [0.1, 0.15) is 43.7 Å². The maximum atomic E-state index is 5.61. The fourth-order valence-corrected chi connectivity index (χ4v) is 3.18. The summed E-state index contributed by atoms with van der Waals surface area (Å²) in [6.07, 6.45) is 5.03. The number of likely N-dealkylation sites (tertiary alicyclic amines) is 1. The van der Waals surface area contributed by atoms with Crippen molar-refractivity contribution in [1.82, 2.24) is 4.90 Å². The smallest absolute Gasteiger partial charge is 0.173 e. The van der Waals surface area contributed by atoms with Gasteiger partial charge in [0.05, 0.1) is 0 Å². The molecule has 1 atom stereocenters. The minimum atomic E-state index is 0.611. The van der Waals surface area contributed by atoms with Gasteiger partial charge in [0.1, 0.15) is 0 Å². The highest BCUT2D eigenvalue weighted by Crippen LogP contribution is 2.22. The molecule has 1 aliphatic heterocycles. The first-order valence-corrected chi connectivity index (χ1v) is 7.67. The summed E-state index contributed by atoms with van der Waals surface area (Å²) in [4.78, 5) is 2.37. The predicted molar refractivity (Wildman–Crippen MR) is 86.8 cm³/mol. The van der Waals surface area contributed by atoms with Crippen LogP contribution in [0.25, 0.3) is 0 Å². The Hall–Kier alpha value is -1.09. The van der Waals surface area contributed by atoms with Crippen LogP contribution in [0.3, 0.4) is 0 Å². The molecule has 2 rings (SSSR count). The maximum Gasteiger partial charge on any atom is 0.173 e. The van der Waals surface area contributed by atoms with E-state index >= 15 is 0 Å². The first kappa shape index (κ1) is 14.3. The molecule has 3 heteroatoms. The normalized spacial score (nSPS) is 19.3. The highest BCUT2D eigenvalue weighted by atomic mass is 32.1. The van der Waals surface area contributed by atoms with E-state index < -0.39 is 0 Å². The number of aryl methyl sites for hydroxylation is 2. The predicted octanol–water partition coefficient (Wildman–Crippen LogP) is 4.26. The topological polar surface area (TPSA) is 15.3 Å². The first-order valence-electron chi connectivity index (χ1n) is 7.26. The van der Waals surface area contributed by atoms with Crippen LogP contribution < -0.4 is 5.32 Å². The highest BCUT2D eigenvalue weighted by Gasteiger charge is 2.23. The Kier molecular flexibility index (Phi) is 4.81. The Morgan fingerprint density at radius 2 is 2.16 bits per heavy atom. The van der Waals surface area contributed by atoms with E-state index in [1.54, 1.807) is 0 Å². The van der Waals surface area contributed by atoms with E-state index in [-0.39, 0.29) is 0 Å². The van der Waals surface area contributed by atoms with Crippen molar-refractivity contribution in [2.24, 2.45) is 0 Å². The quantitative estimate of drug-likeness (QED) is 0.812. The van der Waals surface area contributed by atoms with Crippen molar-refractivity contribution in [3.8, 4) is 0 Å². The molecule has 1 saturated heterocycles. The monoisotopic (exact) mass is 276 g/mol. The van der Waals surface area contributed by atoms with Crippen LogP contribution in [-0.4, -0.2) is 22.6 Å². The molecule has 0 amide bonds. The lowest BCUT2D eigenvalue weighted by Gasteiger charge is -2.37. The zero-order chi connectivity index (χ0) is 13.8. The number of thiocarbonyl (C=S) groups is 1. The third-order valence-corrected chi connectivity index (χ3v) is 4.32. The van der Waals surface area contributed by atoms with E-state index in [0.29, 0.717) is 6.04 Å². The molecule has 1 aromatic rings. The molecule has 0 aromatic heterocycles. The number of piperidine rings is 1. The van der Waals surface area contributed by atoms with Gasteiger partial charge in [-0.15, -0.1) is 0 Å². The Morgan fingerprint density at radius 1 is 1.37 bits per heavy atom. The second kappa shape index (κ2) is 6.38. The molecule has 19 heavy (non-hydrogen) atoms. The average molecular weight is 276 g/mol. The van der Waals surface area contributed by atoms with Crippen molar-refractivity contribution in [3.05, 3.63) is 29.3 Å². The molecule has 0 saturated carbocycles. The third-order valence-electron chi connectivity index (χ3n) is 3.98. The van der Waals surface area contributed by atoms with E-state index in [2.05, 4.69) is 49.2 Å². The van der Waals surface area contributed by atoms with Crippen LogP contribution in [0.4, 0.5) is 5.69 Å². The van der Waals surface area contributed by atoms with E-state index in [0.717, 1.165) is 17.3 Å². The minimum Gasteiger partial charge on any atom is -0.346 e. The van der Waals surface area contributed by atoms with Crippen molar-refractivity contribution < 1.29 is 0 Å². The Bertz CT molecular complexity index is 456. The summed E-state index contributed by atoms with van der Waals surface area (Å²) >= 11 is 5.61. The van der Waals surface area contributed by atoms with Crippen LogP contribution >= 0.6 is 12.2 Å². The molecule has 2 nitrogen and oxygen atoms in total. The summed E-state index contributed by atoms with van der Waals surface area (Å²) in [7, 11) is 0. The van der Waals surface area contributed by atoms with Gasteiger partial charge in [-0.2, -0.15) is 0 Å². The van der Waals surface area contributed by atoms with Gasteiger partial charge in [0.25, 0.3) is 0 Å². The number of nitrogens with zero attached hydrogens (tertiary/aromatic N) is 1. The second-order valence-corrected chi connectivity index (χ2v) is 5.89. The average Bonchev–Trinajstić information content (AvgIpc) is 2.41. The number of hydrogen-bond acceptors (Lipinski definition) is 1. The zero-order valence-corrected chi connectivity index (χ0v) is 13.0. The number of hydrogen-bond donors (Lipinski definition) is 1. The fourth-order valence-electron chi connectivity index (χ4n) is 2.83. The molecular formula is C16H24N2S. The van der Waals surface area contributed by atoms with E-state index in [9.17, 15) is 0 Å². The zero-order valence-electron chi connectivity index (χ0n) is 12.2. The van der Waals surface area contributed by atoms with Crippen molar-refractivity contribution in [1.29, 1.82) is 0 Å². The SMILES string of the molecule is CCC1CCCCN1C(=S)Nc1ccc(C)cc1C. The molecule has 1 heterocycles. The van der Waals surface area contributed by atoms with Crippen LogP contribution in [0.15, 0.2) is 18.2 Å². The Morgan fingerprint density at radius 3 is 2.84 bits per heavy atom. The molecule has 0 spiro atoms. The van der Waals surface area contributed by atoms with Gasteiger partial charge >= 0.3 is 0 Å². The molecule has 1 aliphatic rings. The van der Waals surface area contributed by atoms with Gasteiger partial charge in [0.2, 0.25) is 0 Å². The van der Waals surface area contributed by atoms with Gasteiger partial charge in [-0.3, -0.25) is 0 Å². The van der Waals surface area contributed by atoms with Crippen LogP contribution in [0, 0.1) is 13.8 Å². The second-order valence-electron chi connectivity index (χ2n) is 5.50. The molecule has 1 fully saturated rings. The van der Waals surface area contributed by atoms with E-state index in [1.165, 1.54) is 36.8 Å². The lowest BCUT2D eigenvalue weighted by molar-refractivity contribution is 0.239. The summed E-state index contributed by atoms with van der Waals surface area (Å²) in [6.45, 7) is 7.59. The standard InChI is InChI=1S/C16H24N2S/c1-4-14-7-5-6-10-18(14)16(19)17-15-9-8-12(2)11-13(15)3/h8-9,11,14H,4-7,10H2,1-3H3,(H,17,19). The van der Waals surface area contributed by atoms with Gasteiger partial charge in [0.15, 0.2) is 5.11 Å². The van der Waals surface area contributed by atoms with E-state index in [4.69, 9.17) is 12.2 Å². The molecule has 0 aliphatic carbocycles. The lowest BCUT2D eigenvalue weighted by Crippen LogP contribution is -2.45. The molecule has 0 radical (unpaired) electrons. The maximum absolute atomic E-state index is 5.61. The third kappa shape index (κ3) is 3.47. The first-order chi connectivity index (χ1) is 9.11. The number of nitrogens with one attached hydrogen (secondary N) is 1. The van der Waals surface area contributed by atoms with Crippen LogP contribution in [-0.2, 0) is 0 Å². The van der Waals surface area contributed by atoms with Gasteiger partial charge < -0.3 is 10.2 Å². The molecule has 0 bridgehead atoms. The van der Waals surface area contributed by atoms with Gasteiger partial charge in [-0.05, 0) is 63.4 Å². The molecule has 1 aromatic carbocycles. The fraction of sp³-hybridized carbons (Fsp3) is 0.562. The van der Waals surface area contributed by atoms with Crippen molar-refractivity contribution >= 4 is 23.0 Å². The van der Waals surface area contributed by atoms with Crippen molar-refractivity contribution in [2.45, 2.75) is 52.5 Å². The molecule has 1 unspecified atom stereocenters. The summed E-state index contributed by atoms with van der Waals surface area (Å²) < 4.78 is 0. The Balaban J connectivity index is 2.07.